The molecule has 2 heterocycles. The van der Waals surface area contributed by atoms with Gasteiger partial charge in [0.2, 0.25) is 0 Å². The number of carboxylic acid groups (broad SMARTS) is 1. The summed E-state index contributed by atoms with van der Waals surface area (Å²) in [7, 11) is 1.55. The summed E-state index contributed by atoms with van der Waals surface area (Å²) in [5, 5.41) is 10.0. The Morgan fingerprint density at radius 1 is 1.24 bits per heavy atom. The standard InChI is InChI=1S/C24H25F3N2O4/c1-14-11-20(32-2)22(17-7-9-28-21(14)17)33-19-8-10-29(13-24(25,26)27)12-18(19)15-3-5-16(6-4-15)23(30)31/h3-7,9,11,18-19,28H,8,10,12-13H2,1-2H3,(H,30,31)/t18-,19+/m1/s1. The molecular weight excluding hydrogens is 437 g/mol. The summed E-state index contributed by atoms with van der Waals surface area (Å²) in [5.74, 6) is -0.349. The fraction of sp³-hybridized carbons (Fsp3) is 0.375. The molecule has 0 amide bonds. The number of carbonyl (C=O) groups is 1. The number of halogens is 3. The highest BCUT2D eigenvalue weighted by atomic mass is 19.4. The van der Waals surface area contributed by atoms with Crippen molar-refractivity contribution in [3.05, 3.63) is 59.3 Å². The number of fused-ring (bicyclic) bond motifs is 1. The Morgan fingerprint density at radius 2 is 1.97 bits per heavy atom. The van der Waals surface area contributed by atoms with E-state index < -0.39 is 24.8 Å². The van der Waals surface area contributed by atoms with Gasteiger partial charge in [0, 0.05) is 30.6 Å². The first-order chi connectivity index (χ1) is 15.7. The maximum Gasteiger partial charge on any atom is 0.401 e. The van der Waals surface area contributed by atoms with Gasteiger partial charge < -0.3 is 19.6 Å². The second-order valence-corrected chi connectivity index (χ2v) is 8.32. The molecular formula is C24H25F3N2O4. The molecule has 0 radical (unpaired) electrons. The number of aromatic carboxylic acids is 1. The summed E-state index contributed by atoms with van der Waals surface area (Å²) in [6.45, 7) is 1.33. The van der Waals surface area contributed by atoms with Crippen molar-refractivity contribution < 1.29 is 32.5 Å². The third-order valence-electron chi connectivity index (χ3n) is 6.07. The van der Waals surface area contributed by atoms with Crippen LogP contribution in [0.4, 0.5) is 13.2 Å². The predicted molar refractivity (Wildman–Crippen MR) is 117 cm³/mol. The third-order valence-corrected chi connectivity index (χ3v) is 6.07. The first-order valence-electron chi connectivity index (χ1n) is 10.6. The lowest BCUT2D eigenvalue weighted by atomic mass is 9.87. The molecule has 0 bridgehead atoms. The van der Waals surface area contributed by atoms with Gasteiger partial charge in [0.25, 0.3) is 0 Å². The largest absolute Gasteiger partial charge is 0.493 e. The van der Waals surface area contributed by atoms with Gasteiger partial charge in [-0.05, 0) is 48.7 Å². The van der Waals surface area contributed by atoms with Gasteiger partial charge in [-0.3, -0.25) is 4.90 Å². The number of piperidine rings is 1. The quantitative estimate of drug-likeness (QED) is 0.540. The Hall–Kier alpha value is -3.20. The molecule has 33 heavy (non-hydrogen) atoms. The van der Waals surface area contributed by atoms with Crippen molar-refractivity contribution in [3.63, 3.8) is 0 Å². The summed E-state index contributed by atoms with van der Waals surface area (Å²) < 4.78 is 51.2. The van der Waals surface area contributed by atoms with E-state index in [-0.39, 0.29) is 24.6 Å². The maximum atomic E-state index is 13.1. The number of aromatic amines is 1. The molecule has 1 aromatic heterocycles. The van der Waals surface area contributed by atoms with Crippen molar-refractivity contribution in [1.82, 2.24) is 9.88 Å². The molecule has 0 spiro atoms. The minimum Gasteiger partial charge on any atom is -0.493 e. The summed E-state index contributed by atoms with van der Waals surface area (Å²) in [6, 6.07) is 9.99. The number of H-pyrrole nitrogens is 1. The topological polar surface area (TPSA) is 74.8 Å². The predicted octanol–water partition coefficient (Wildman–Crippen LogP) is 4.98. The zero-order valence-corrected chi connectivity index (χ0v) is 18.3. The number of nitrogens with one attached hydrogen (secondary N) is 1. The van der Waals surface area contributed by atoms with Crippen molar-refractivity contribution >= 4 is 16.9 Å². The molecule has 2 aromatic carbocycles. The number of benzene rings is 2. The summed E-state index contributed by atoms with van der Waals surface area (Å²) >= 11 is 0. The van der Waals surface area contributed by atoms with Gasteiger partial charge in [-0.1, -0.05) is 12.1 Å². The van der Waals surface area contributed by atoms with E-state index in [4.69, 9.17) is 9.47 Å². The summed E-state index contributed by atoms with van der Waals surface area (Å²) in [6.07, 6.45) is -2.54. The van der Waals surface area contributed by atoms with Crippen molar-refractivity contribution in [2.24, 2.45) is 0 Å². The molecule has 4 rings (SSSR count). The van der Waals surface area contributed by atoms with E-state index in [1.165, 1.54) is 17.0 Å². The van der Waals surface area contributed by atoms with Crippen LogP contribution in [-0.4, -0.2) is 60.0 Å². The van der Waals surface area contributed by atoms with E-state index in [0.29, 0.717) is 17.9 Å². The molecule has 3 aromatic rings. The Bertz CT molecular complexity index is 1140. The fourth-order valence-electron chi connectivity index (χ4n) is 4.51. The van der Waals surface area contributed by atoms with Gasteiger partial charge >= 0.3 is 12.1 Å². The van der Waals surface area contributed by atoms with E-state index in [2.05, 4.69) is 4.98 Å². The molecule has 9 heteroatoms. The number of methoxy groups -OCH3 is 1. The van der Waals surface area contributed by atoms with Crippen molar-refractivity contribution in [2.45, 2.75) is 31.5 Å². The van der Waals surface area contributed by atoms with Crippen LogP contribution < -0.4 is 9.47 Å². The van der Waals surface area contributed by atoms with E-state index in [9.17, 15) is 23.1 Å². The number of aryl methyl sites for hydroxylation is 1. The molecule has 1 aliphatic heterocycles. The van der Waals surface area contributed by atoms with Crippen LogP contribution in [-0.2, 0) is 0 Å². The maximum absolute atomic E-state index is 13.1. The van der Waals surface area contributed by atoms with Gasteiger partial charge in [0.1, 0.15) is 6.10 Å². The van der Waals surface area contributed by atoms with E-state index >= 15 is 0 Å². The van der Waals surface area contributed by atoms with Crippen LogP contribution in [0.15, 0.2) is 42.6 Å². The van der Waals surface area contributed by atoms with Crippen LogP contribution in [0.3, 0.4) is 0 Å². The number of likely N-dealkylation sites (tertiary alicyclic amines) is 1. The lowest BCUT2D eigenvalue weighted by Crippen LogP contribution is -2.47. The molecule has 176 valence electrons. The number of rotatable bonds is 6. The smallest absolute Gasteiger partial charge is 0.401 e. The number of nitrogens with zero attached hydrogens (tertiary/aromatic N) is 1. The number of alkyl halides is 3. The molecule has 0 saturated carbocycles. The fourth-order valence-corrected chi connectivity index (χ4v) is 4.51. The second kappa shape index (κ2) is 8.97. The first-order valence-corrected chi connectivity index (χ1v) is 10.6. The van der Waals surface area contributed by atoms with Gasteiger partial charge in [0.05, 0.1) is 24.7 Å². The summed E-state index contributed by atoms with van der Waals surface area (Å²) in [5.41, 5.74) is 2.74. The Morgan fingerprint density at radius 3 is 2.61 bits per heavy atom. The van der Waals surface area contributed by atoms with E-state index in [0.717, 1.165) is 22.0 Å². The van der Waals surface area contributed by atoms with Crippen LogP contribution in [0.5, 0.6) is 11.5 Å². The molecule has 6 nitrogen and oxygen atoms in total. The van der Waals surface area contributed by atoms with E-state index in [1.54, 1.807) is 25.4 Å². The Balaban J connectivity index is 1.68. The van der Waals surface area contributed by atoms with E-state index in [1.807, 2.05) is 19.1 Å². The zero-order chi connectivity index (χ0) is 23.8. The SMILES string of the molecule is COc1cc(C)c2[nH]ccc2c1O[C@H]1CCN(CC(F)(F)F)C[C@@H]1c1ccc(C(=O)O)cc1. The highest BCUT2D eigenvalue weighted by Crippen LogP contribution is 2.41. The lowest BCUT2D eigenvalue weighted by molar-refractivity contribution is -0.150. The Kier molecular flexibility index (Phi) is 6.25. The first kappa shape index (κ1) is 23.0. The highest BCUT2D eigenvalue weighted by Gasteiger charge is 2.38. The molecule has 0 aliphatic carbocycles. The van der Waals surface area contributed by atoms with Gasteiger partial charge in [0.15, 0.2) is 11.5 Å². The number of hydrogen-bond acceptors (Lipinski definition) is 4. The van der Waals surface area contributed by atoms with Crippen LogP contribution in [0.25, 0.3) is 10.9 Å². The van der Waals surface area contributed by atoms with Gasteiger partial charge in [-0.2, -0.15) is 13.2 Å². The van der Waals surface area contributed by atoms with Crippen LogP contribution >= 0.6 is 0 Å². The molecule has 0 unspecified atom stereocenters. The van der Waals surface area contributed by atoms with Crippen molar-refractivity contribution in [2.75, 3.05) is 26.7 Å². The minimum absolute atomic E-state index is 0.119. The highest BCUT2D eigenvalue weighted by molar-refractivity contribution is 5.91. The third kappa shape index (κ3) is 4.93. The number of ether oxygens (including phenoxy) is 2. The molecule has 2 N–H and O–H groups in total. The Labute approximate surface area is 188 Å². The average molecular weight is 462 g/mol. The second-order valence-electron chi connectivity index (χ2n) is 8.32. The average Bonchev–Trinajstić information content (AvgIpc) is 3.26. The van der Waals surface area contributed by atoms with Crippen molar-refractivity contribution in [1.29, 1.82) is 0 Å². The minimum atomic E-state index is -4.30. The molecule has 1 saturated heterocycles. The zero-order valence-electron chi connectivity index (χ0n) is 18.3. The lowest BCUT2D eigenvalue weighted by Gasteiger charge is -2.39. The van der Waals surface area contributed by atoms with Crippen molar-refractivity contribution in [3.8, 4) is 11.5 Å². The number of carboxylic acids is 1. The monoisotopic (exact) mass is 462 g/mol. The van der Waals surface area contributed by atoms with Gasteiger partial charge in [-0.25, -0.2) is 4.79 Å². The normalized spacial score (nSPS) is 19.5. The van der Waals surface area contributed by atoms with Crippen LogP contribution in [0.2, 0.25) is 0 Å². The number of hydrogen-bond donors (Lipinski definition) is 2. The summed E-state index contributed by atoms with van der Waals surface area (Å²) in [4.78, 5) is 15.8. The number of aromatic nitrogens is 1. The molecule has 1 fully saturated rings. The molecule has 2 atom stereocenters. The van der Waals surface area contributed by atoms with Crippen LogP contribution in [0.1, 0.15) is 33.8 Å². The van der Waals surface area contributed by atoms with Gasteiger partial charge in [-0.15, -0.1) is 0 Å². The van der Waals surface area contributed by atoms with Crippen LogP contribution in [0, 0.1) is 6.92 Å². The molecule has 1 aliphatic rings.